The number of aryl methyl sites for hydroxylation is 1. The molecule has 0 saturated carbocycles. The van der Waals surface area contributed by atoms with Crippen molar-refractivity contribution in [3.8, 4) is 0 Å². The van der Waals surface area contributed by atoms with Crippen LogP contribution in [0.4, 0.5) is 5.82 Å². The summed E-state index contributed by atoms with van der Waals surface area (Å²) in [4.78, 5) is 25.9. The number of carbonyl (C=O) groups excluding carboxylic acids is 1. The van der Waals surface area contributed by atoms with Crippen molar-refractivity contribution in [3.63, 3.8) is 0 Å². The lowest BCUT2D eigenvalue weighted by molar-refractivity contribution is 0.0951. The number of aromatic nitrogens is 2. The summed E-state index contributed by atoms with van der Waals surface area (Å²) in [5.74, 6) is 1.75. The topological polar surface area (TPSA) is 61.4 Å². The van der Waals surface area contributed by atoms with Gasteiger partial charge in [-0.25, -0.2) is 9.97 Å². The molecule has 0 aliphatic rings. The van der Waals surface area contributed by atoms with Crippen molar-refractivity contribution >= 4 is 23.5 Å². The molecule has 7 heteroatoms. The minimum atomic E-state index is -0.0348. The summed E-state index contributed by atoms with van der Waals surface area (Å²) < 4.78 is 0. The van der Waals surface area contributed by atoms with E-state index < -0.39 is 0 Å². The summed E-state index contributed by atoms with van der Waals surface area (Å²) in [5.41, 5.74) is 3.99. The first-order chi connectivity index (χ1) is 13.8. The van der Waals surface area contributed by atoms with Crippen molar-refractivity contribution in [1.82, 2.24) is 20.2 Å². The summed E-state index contributed by atoms with van der Waals surface area (Å²) in [6.07, 6.45) is 0. The van der Waals surface area contributed by atoms with Crippen LogP contribution in [0.2, 0.25) is 0 Å². The van der Waals surface area contributed by atoms with E-state index in [9.17, 15) is 4.79 Å². The molecule has 2 aromatic rings. The lowest BCUT2D eigenvalue weighted by Gasteiger charge is -2.23. The van der Waals surface area contributed by atoms with Gasteiger partial charge in [-0.1, -0.05) is 23.9 Å². The second kappa shape index (κ2) is 11.2. The summed E-state index contributed by atoms with van der Waals surface area (Å²) in [6, 6.07) is 7.76. The van der Waals surface area contributed by atoms with E-state index in [4.69, 9.17) is 4.98 Å². The van der Waals surface area contributed by atoms with Crippen LogP contribution in [0.5, 0.6) is 0 Å². The Balaban J connectivity index is 2.00. The summed E-state index contributed by atoms with van der Waals surface area (Å²) in [6.45, 7) is 11.7. The van der Waals surface area contributed by atoms with Gasteiger partial charge in [-0.2, -0.15) is 0 Å². The van der Waals surface area contributed by atoms with Gasteiger partial charge < -0.3 is 15.1 Å². The van der Waals surface area contributed by atoms with Crippen LogP contribution in [0.15, 0.2) is 29.4 Å². The highest BCUT2D eigenvalue weighted by Crippen LogP contribution is 2.26. The van der Waals surface area contributed by atoms with Crippen molar-refractivity contribution in [2.24, 2.45) is 0 Å². The van der Waals surface area contributed by atoms with E-state index in [0.717, 1.165) is 53.2 Å². The molecule has 0 fully saturated rings. The maximum Gasteiger partial charge on any atom is 0.251 e. The van der Waals surface area contributed by atoms with E-state index in [-0.39, 0.29) is 5.91 Å². The fourth-order valence-corrected chi connectivity index (χ4v) is 3.72. The molecule has 1 N–H and O–H groups in total. The Morgan fingerprint density at radius 2 is 1.72 bits per heavy atom. The highest BCUT2D eigenvalue weighted by Gasteiger charge is 2.13. The molecular formula is C22H33N5OS. The number of anilines is 1. The Morgan fingerprint density at radius 3 is 2.31 bits per heavy atom. The zero-order valence-electron chi connectivity index (χ0n) is 18.5. The molecule has 0 unspecified atom stereocenters. The van der Waals surface area contributed by atoms with Gasteiger partial charge in [0.25, 0.3) is 5.91 Å². The SMILES string of the molecule is CCN(CC)c1nc(SCc2ccc(C(=O)NCCN(C)C)cc2)nc(C)c1C. The highest BCUT2D eigenvalue weighted by atomic mass is 32.2. The fourth-order valence-electron chi connectivity index (χ4n) is 2.88. The Hall–Kier alpha value is -2.12. The zero-order valence-corrected chi connectivity index (χ0v) is 19.3. The minimum Gasteiger partial charge on any atom is -0.357 e. The van der Waals surface area contributed by atoms with E-state index in [1.165, 1.54) is 0 Å². The van der Waals surface area contributed by atoms with Gasteiger partial charge in [-0.05, 0) is 59.5 Å². The van der Waals surface area contributed by atoms with Crippen LogP contribution in [0.3, 0.4) is 0 Å². The van der Waals surface area contributed by atoms with E-state index in [1.807, 2.05) is 50.2 Å². The van der Waals surface area contributed by atoms with Gasteiger partial charge >= 0.3 is 0 Å². The molecule has 2 rings (SSSR count). The number of carbonyl (C=O) groups is 1. The van der Waals surface area contributed by atoms with Crippen LogP contribution in [-0.2, 0) is 5.75 Å². The number of amides is 1. The number of nitrogens with zero attached hydrogens (tertiary/aromatic N) is 4. The van der Waals surface area contributed by atoms with Gasteiger partial charge in [0.15, 0.2) is 5.16 Å². The summed E-state index contributed by atoms with van der Waals surface area (Å²) >= 11 is 1.63. The summed E-state index contributed by atoms with van der Waals surface area (Å²) in [5, 5.41) is 3.73. The van der Waals surface area contributed by atoms with E-state index in [0.29, 0.717) is 12.1 Å². The van der Waals surface area contributed by atoms with Crippen LogP contribution in [-0.4, -0.2) is 61.0 Å². The Morgan fingerprint density at radius 1 is 1.07 bits per heavy atom. The smallest absolute Gasteiger partial charge is 0.251 e. The molecule has 1 aromatic heterocycles. The number of likely N-dealkylation sites (N-methyl/N-ethyl adjacent to an activating group) is 1. The van der Waals surface area contributed by atoms with Crippen molar-refractivity contribution in [1.29, 1.82) is 0 Å². The number of hydrogen-bond donors (Lipinski definition) is 1. The predicted octanol–water partition coefficient (Wildman–Crippen LogP) is 3.52. The molecule has 1 aromatic carbocycles. The number of benzene rings is 1. The van der Waals surface area contributed by atoms with E-state index in [1.54, 1.807) is 11.8 Å². The van der Waals surface area contributed by atoms with E-state index >= 15 is 0 Å². The Bertz CT molecular complexity index is 804. The Labute approximate surface area is 179 Å². The quantitative estimate of drug-likeness (QED) is 0.473. The molecule has 0 spiro atoms. The number of nitrogens with one attached hydrogen (secondary N) is 1. The molecule has 0 atom stereocenters. The Kier molecular flexibility index (Phi) is 8.92. The minimum absolute atomic E-state index is 0.0348. The van der Waals surface area contributed by atoms with Crippen LogP contribution < -0.4 is 10.2 Å². The molecule has 6 nitrogen and oxygen atoms in total. The van der Waals surface area contributed by atoms with Gasteiger partial charge in [0, 0.05) is 48.8 Å². The lowest BCUT2D eigenvalue weighted by Crippen LogP contribution is -2.31. The molecule has 158 valence electrons. The molecule has 29 heavy (non-hydrogen) atoms. The van der Waals surface area contributed by atoms with Gasteiger partial charge in [0.1, 0.15) is 5.82 Å². The molecular weight excluding hydrogens is 382 g/mol. The number of thioether (sulfide) groups is 1. The largest absolute Gasteiger partial charge is 0.357 e. The van der Waals surface area contributed by atoms with Crippen molar-refractivity contribution in [2.75, 3.05) is 45.2 Å². The maximum atomic E-state index is 12.2. The molecule has 0 saturated heterocycles. The maximum absolute atomic E-state index is 12.2. The zero-order chi connectivity index (χ0) is 21.4. The average molecular weight is 416 g/mol. The molecule has 1 amide bonds. The van der Waals surface area contributed by atoms with Crippen molar-refractivity contribution < 1.29 is 4.79 Å². The van der Waals surface area contributed by atoms with Crippen molar-refractivity contribution in [2.45, 2.75) is 38.6 Å². The standard InChI is InChI=1S/C22H33N5OS/c1-7-27(8-2)20-16(3)17(4)24-22(25-20)29-15-18-9-11-19(12-10-18)21(28)23-13-14-26(5)6/h9-12H,7-8,13-15H2,1-6H3,(H,23,28). The third kappa shape index (κ3) is 6.72. The van der Waals surface area contributed by atoms with Gasteiger partial charge in [-0.3, -0.25) is 4.79 Å². The second-order valence-corrected chi connectivity index (χ2v) is 8.20. The third-order valence-corrected chi connectivity index (χ3v) is 5.75. The van der Waals surface area contributed by atoms with E-state index in [2.05, 4.69) is 36.0 Å². The first-order valence-corrected chi connectivity index (χ1v) is 11.1. The fraction of sp³-hybridized carbons (Fsp3) is 0.500. The molecule has 0 aliphatic carbocycles. The van der Waals surface area contributed by atoms with Crippen LogP contribution >= 0.6 is 11.8 Å². The van der Waals surface area contributed by atoms with Crippen molar-refractivity contribution in [3.05, 3.63) is 46.6 Å². The first kappa shape index (κ1) is 23.2. The molecule has 1 heterocycles. The molecule has 0 aliphatic heterocycles. The molecule has 0 radical (unpaired) electrons. The van der Waals surface area contributed by atoms with Crippen LogP contribution in [0, 0.1) is 13.8 Å². The highest BCUT2D eigenvalue weighted by molar-refractivity contribution is 7.98. The third-order valence-electron chi connectivity index (χ3n) is 4.83. The monoisotopic (exact) mass is 415 g/mol. The lowest BCUT2D eigenvalue weighted by atomic mass is 10.1. The van der Waals surface area contributed by atoms with Crippen LogP contribution in [0.1, 0.15) is 41.0 Å². The number of hydrogen-bond acceptors (Lipinski definition) is 6. The number of rotatable bonds is 10. The van der Waals surface area contributed by atoms with Gasteiger partial charge in [0.05, 0.1) is 0 Å². The molecule has 0 bridgehead atoms. The van der Waals surface area contributed by atoms with Gasteiger partial charge in [-0.15, -0.1) is 0 Å². The average Bonchev–Trinajstić information content (AvgIpc) is 2.70. The van der Waals surface area contributed by atoms with Gasteiger partial charge in [0.2, 0.25) is 0 Å². The first-order valence-electron chi connectivity index (χ1n) is 10.1. The summed E-state index contributed by atoms with van der Waals surface area (Å²) in [7, 11) is 3.98. The predicted molar refractivity (Wildman–Crippen MR) is 122 cm³/mol. The van der Waals surface area contributed by atoms with Crippen LogP contribution in [0.25, 0.3) is 0 Å². The second-order valence-electron chi connectivity index (χ2n) is 7.26. The normalized spacial score (nSPS) is 11.0.